The van der Waals surface area contributed by atoms with Gasteiger partial charge in [-0.05, 0) is 48.1 Å². The smallest absolute Gasteiger partial charge is 0.165 e. The van der Waals surface area contributed by atoms with Crippen molar-refractivity contribution in [2.24, 2.45) is 0 Å². The highest BCUT2D eigenvalue weighted by molar-refractivity contribution is 7.92. The second-order valence-corrected chi connectivity index (χ2v) is 9.20. The molecule has 8 heteroatoms. The van der Waals surface area contributed by atoms with Gasteiger partial charge in [0.25, 0.3) is 0 Å². The van der Waals surface area contributed by atoms with E-state index in [2.05, 4.69) is 0 Å². The van der Waals surface area contributed by atoms with Gasteiger partial charge in [0.2, 0.25) is 0 Å². The first-order valence-electron chi connectivity index (χ1n) is 9.24. The molecule has 0 radical (unpaired) electrons. The summed E-state index contributed by atoms with van der Waals surface area (Å²) in [5, 5.41) is 37.6. The van der Waals surface area contributed by atoms with Gasteiger partial charge in [-0.25, -0.2) is 12.8 Å². The van der Waals surface area contributed by atoms with Crippen molar-refractivity contribution in [3.8, 4) is 5.75 Å². The average molecular weight is 414 g/mol. The quantitative estimate of drug-likeness (QED) is 0.459. The zero-order valence-electron chi connectivity index (χ0n) is 15.8. The van der Waals surface area contributed by atoms with Crippen molar-refractivity contribution in [1.29, 1.82) is 0 Å². The Hall–Kier alpha value is -1.74. The number of phenols is 1. The molecule has 0 aromatic heterocycles. The SMILES string of the molecule is CCC/C(=C\c1ccc(O)c(F)c1)CC[C@@H](O)C1=C(CO)CS(=O)(=O)[C@H]1CO. The van der Waals surface area contributed by atoms with Crippen molar-refractivity contribution in [2.75, 3.05) is 19.0 Å². The summed E-state index contributed by atoms with van der Waals surface area (Å²) in [6, 6.07) is 4.08. The number of benzene rings is 1. The lowest BCUT2D eigenvalue weighted by atomic mass is 9.93. The van der Waals surface area contributed by atoms with Crippen LogP contribution >= 0.6 is 0 Å². The number of allylic oxidation sites excluding steroid dienone is 1. The molecule has 4 N–H and O–H groups in total. The van der Waals surface area contributed by atoms with E-state index < -0.39 is 46.0 Å². The van der Waals surface area contributed by atoms with Crippen LogP contribution in [-0.2, 0) is 9.84 Å². The van der Waals surface area contributed by atoms with Crippen LogP contribution in [0.5, 0.6) is 5.75 Å². The molecular formula is C20H27FO6S. The molecule has 0 unspecified atom stereocenters. The van der Waals surface area contributed by atoms with Crippen LogP contribution in [-0.4, -0.2) is 59.2 Å². The third kappa shape index (κ3) is 5.20. The van der Waals surface area contributed by atoms with Crippen LogP contribution in [0.4, 0.5) is 4.39 Å². The lowest BCUT2D eigenvalue weighted by molar-refractivity contribution is 0.186. The number of sulfone groups is 1. The average Bonchev–Trinajstić information content (AvgIpc) is 2.92. The molecular weight excluding hydrogens is 387 g/mol. The Morgan fingerprint density at radius 1 is 1.32 bits per heavy atom. The topological polar surface area (TPSA) is 115 Å². The molecule has 0 saturated heterocycles. The number of rotatable bonds is 9. The molecule has 0 spiro atoms. The third-order valence-electron chi connectivity index (χ3n) is 4.93. The van der Waals surface area contributed by atoms with E-state index in [1.807, 2.05) is 6.92 Å². The fourth-order valence-electron chi connectivity index (χ4n) is 3.56. The molecule has 28 heavy (non-hydrogen) atoms. The molecule has 1 aromatic carbocycles. The predicted molar refractivity (Wildman–Crippen MR) is 105 cm³/mol. The lowest BCUT2D eigenvalue weighted by Crippen LogP contribution is -2.29. The number of aromatic hydroxyl groups is 1. The Bertz CT molecular complexity index is 859. The Labute approximate surface area is 164 Å². The number of phenolic OH excluding ortho intramolecular Hbond substituents is 1. The molecule has 2 atom stereocenters. The first kappa shape index (κ1) is 22.5. The van der Waals surface area contributed by atoms with Crippen LogP contribution in [0.15, 0.2) is 34.9 Å². The minimum atomic E-state index is -3.62. The predicted octanol–water partition coefficient (Wildman–Crippen LogP) is 1.93. The number of aliphatic hydroxyl groups excluding tert-OH is 3. The first-order chi connectivity index (χ1) is 13.2. The molecule has 0 bridgehead atoms. The summed E-state index contributed by atoms with van der Waals surface area (Å²) in [6.45, 7) is 0.870. The van der Waals surface area contributed by atoms with E-state index in [9.17, 15) is 33.2 Å². The number of halogens is 1. The summed E-state index contributed by atoms with van der Waals surface area (Å²) in [6.07, 6.45) is 2.89. The molecule has 2 rings (SSSR count). The molecule has 156 valence electrons. The van der Waals surface area contributed by atoms with Crippen molar-refractivity contribution >= 4 is 15.9 Å². The summed E-state index contributed by atoms with van der Waals surface area (Å²) in [5.74, 6) is -1.50. The van der Waals surface area contributed by atoms with Crippen LogP contribution in [0.1, 0.15) is 38.2 Å². The Balaban J connectivity index is 2.18. The molecule has 1 aromatic rings. The first-order valence-corrected chi connectivity index (χ1v) is 11.0. The van der Waals surface area contributed by atoms with E-state index in [4.69, 9.17) is 0 Å². The van der Waals surface area contributed by atoms with Crippen LogP contribution in [0.3, 0.4) is 0 Å². The van der Waals surface area contributed by atoms with E-state index in [0.29, 0.717) is 18.4 Å². The van der Waals surface area contributed by atoms with Gasteiger partial charge >= 0.3 is 0 Å². The summed E-state index contributed by atoms with van der Waals surface area (Å²) in [4.78, 5) is 0. The molecule has 1 aliphatic rings. The fraction of sp³-hybridized carbons (Fsp3) is 0.500. The van der Waals surface area contributed by atoms with Crippen molar-refractivity contribution in [3.05, 3.63) is 46.3 Å². The lowest BCUT2D eigenvalue weighted by Gasteiger charge is -2.19. The van der Waals surface area contributed by atoms with E-state index in [-0.39, 0.29) is 23.3 Å². The van der Waals surface area contributed by atoms with Gasteiger partial charge in [0, 0.05) is 0 Å². The van der Waals surface area contributed by atoms with Gasteiger partial charge in [-0.15, -0.1) is 0 Å². The normalized spacial score (nSPS) is 20.6. The third-order valence-corrected chi connectivity index (χ3v) is 6.95. The van der Waals surface area contributed by atoms with Crippen LogP contribution in [0.25, 0.3) is 6.08 Å². The highest BCUT2D eigenvalue weighted by atomic mass is 32.2. The highest BCUT2D eigenvalue weighted by Gasteiger charge is 2.40. The standard InChI is InChI=1S/C20H27FO6S/c1-2-3-13(8-14-5-6-17(24)16(21)9-14)4-7-18(25)20-15(10-22)12-28(26,27)19(20)11-23/h5-6,8-9,18-19,22-25H,2-4,7,10-12H2,1H3/b13-8+/t18-,19+/m1/s1. The maximum atomic E-state index is 13.5. The van der Waals surface area contributed by atoms with Gasteiger partial charge in [0.15, 0.2) is 21.4 Å². The number of aliphatic hydroxyl groups is 3. The van der Waals surface area contributed by atoms with Gasteiger partial charge in [-0.3, -0.25) is 0 Å². The van der Waals surface area contributed by atoms with E-state index in [0.717, 1.165) is 12.0 Å². The number of hydrogen-bond acceptors (Lipinski definition) is 6. The van der Waals surface area contributed by atoms with Gasteiger partial charge in [0.05, 0.1) is 25.1 Å². The van der Waals surface area contributed by atoms with E-state index >= 15 is 0 Å². The molecule has 0 amide bonds. The molecule has 0 aliphatic carbocycles. The fourth-order valence-corrected chi connectivity index (χ4v) is 5.45. The zero-order valence-corrected chi connectivity index (χ0v) is 16.6. The number of hydrogen-bond donors (Lipinski definition) is 4. The Kier molecular flexibility index (Phi) is 7.77. The minimum absolute atomic E-state index is 0.191. The molecule has 6 nitrogen and oxygen atoms in total. The summed E-state index contributed by atoms with van der Waals surface area (Å²) < 4.78 is 37.8. The monoisotopic (exact) mass is 414 g/mol. The van der Waals surface area contributed by atoms with Crippen molar-refractivity contribution in [3.63, 3.8) is 0 Å². The Morgan fingerprint density at radius 3 is 2.61 bits per heavy atom. The van der Waals surface area contributed by atoms with E-state index in [1.165, 1.54) is 12.1 Å². The maximum absolute atomic E-state index is 13.5. The molecule has 0 saturated carbocycles. The maximum Gasteiger partial charge on any atom is 0.165 e. The summed E-state index contributed by atoms with van der Waals surface area (Å²) >= 11 is 0. The highest BCUT2D eigenvalue weighted by Crippen LogP contribution is 2.32. The van der Waals surface area contributed by atoms with Gasteiger partial charge in [0.1, 0.15) is 5.25 Å². The van der Waals surface area contributed by atoms with Gasteiger partial charge in [-0.1, -0.05) is 31.1 Å². The largest absolute Gasteiger partial charge is 0.505 e. The van der Waals surface area contributed by atoms with Crippen LogP contribution in [0.2, 0.25) is 0 Å². The summed E-state index contributed by atoms with van der Waals surface area (Å²) in [5.41, 5.74) is 1.96. The summed E-state index contributed by atoms with van der Waals surface area (Å²) in [7, 11) is -3.62. The molecule has 0 fully saturated rings. The second-order valence-electron chi connectivity index (χ2n) is 7.01. The van der Waals surface area contributed by atoms with Crippen molar-refractivity contribution in [1.82, 2.24) is 0 Å². The Morgan fingerprint density at radius 2 is 2.04 bits per heavy atom. The molecule has 1 heterocycles. The van der Waals surface area contributed by atoms with Crippen LogP contribution in [0, 0.1) is 5.82 Å². The zero-order chi connectivity index (χ0) is 20.9. The van der Waals surface area contributed by atoms with Crippen LogP contribution < -0.4 is 0 Å². The van der Waals surface area contributed by atoms with Gasteiger partial charge < -0.3 is 20.4 Å². The second kappa shape index (κ2) is 9.65. The molecule has 1 aliphatic heterocycles. The van der Waals surface area contributed by atoms with E-state index in [1.54, 1.807) is 12.1 Å². The minimum Gasteiger partial charge on any atom is -0.505 e. The van der Waals surface area contributed by atoms with Crippen molar-refractivity contribution in [2.45, 2.75) is 44.0 Å². The van der Waals surface area contributed by atoms with Gasteiger partial charge in [-0.2, -0.15) is 0 Å². The van der Waals surface area contributed by atoms with Crippen molar-refractivity contribution < 1.29 is 33.2 Å².